The summed E-state index contributed by atoms with van der Waals surface area (Å²) in [6.45, 7) is 2.49. The Morgan fingerprint density at radius 3 is 2.03 bits per heavy atom. The van der Waals surface area contributed by atoms with Crippen LogP contribution in [0.3, 0.4) is 0 Å². The monoisotopic (exact) mass is 449 g/mol. The number of aliphatic carboxylic acids is 1. The van der Waals surface area contributed by atoms with Crippen molar-refractivity contribution in [2.24, 2.45) is 11.5 Å². The predicted molar refractivity (Wildman–Crippen MR) is 110 cm³/mol. The maximum absolute atomic E-state index is 12.6. The molecule has 0 radical (unpaired) electrons. The van der Waals surface area contributed by atoms with Crippen molar-refractivity contribution < 1.29 is 34.2 Å². The van der Waals surface area contributed by atoms with Gasteiger partial charge in [0.2, 0.25) is 23.6 Å². The number of aliphatic hydroxyl groups excluding tert-OH is 1. The summed E-state index contributed by atoms with van der Waals surface area (Å²) in [6, 6.07) is -4.86. The second-order valence-electron chi connectivity index (χ2n) is 6.75. The van der Waals surface area contributed by atoms with E-state index in [0.717, 1.165) is 0 Å². The number of nitrogens with two attached hydrogens (primary N) is 2. The fourth-order valence-corrected chi connectivity index (χ4v) is 2.72. The average Bonchev–Trinajstić information content (AvgIpc) is 2.65. The van der Waals surface area contributed by atoms with Crippen molar-refractivity contribution in [2.75, 3.05) is 12.0 Å². The van der Waals surface area contributed by atoms with Crippen LogP contribution in [-0.4, -0.2) is 82.1 Å². The molecule has 0 heterocycles. The van der Waals surface area contributed by atoms with Crippen molar-refractivity contribution in [3.8, 4) is 0 Å². The SMILES string of the molecule is CSCCC(N)C(=O)NC(C(=O)NC(CCC(N)=O)C(=O)NC(C)C(=O)O)C(C)O. The molecule has 0 aliphatic heterocycles. The molecule has 0 saturated heterocycles. The van der Waals surface area contributed by atoms with Gasteiger partial charge in [-0.3, -0.25) is 24.0 Å². The van der Waals surface area contributed by atoms with Gasteiger partial charge < -0.3 is 37.6 Å². The van der Waals surface area contributed by atoms with Crippen LogP contribution in [0.25, 0.3) is 0 Å². The van der Waals surface area contributed by atoms with Gasteiger partial charge in [-0.2, -0.15) is 11.8 Å². The van der Waals surface area contributed by atoms with Crippen molar-refractivity contribution in [3.63, 3.8) is 0 Å². The van der Waals surface area contributed by atoms with Gasteiger partial charge in [0, 0.05) is 6.42 Å². The molecule has 13 heteroatoms. The van der Waals surface area contributed by atoms with E-state index >= 15 is 0 Å². The van der Waals surface area contributed by atoms with Gasteiger partial charge in [0.1, 0.15) is 18.1 Å². The number of nitrogens with one attached hydrogen (secondary N) is 3. The van der Waals surface area contributed by atoms with E-state index < -0.39 is 59.9 Å². The van der Waals surface area contributed by atoms with Gasteiger partial charge in [-0.25, -0.2) is 0 Å². The summed E-state index contributed by atoms with van der Waals surface area (Å²) in [7, 11) is 0. The lowest BCUT2D eigenvalue weighted by Crippen LogP contribution is -2.59. The standard InChI is InChI=1S/C17H31N5O7S/c1-8(17(28)29)20-15(26)11(4-5-12(19)24)21-16(27)13(9(2)23)22-14(25)10(18)6-7-30-3/h8-11,13,23H,4-7,18H2,1-3H3,(H2,19,24)(H,20,26)(H,21,27)(H,22,25)(H,28,29). The van der Waals surface area contributed by atoms with Crippen LogP contribution in [0.2, 0.25) is 0 Å². The van der Waals surface area contributed by atoms with Crippen molar-refractivity contribution in [1.29, 1.82) is 0 Å². The number of rotatable bonds is 14. The summed E-state index contributed by atoms with van der Waals surface area (Å²) in [5.74, 6) is -3.81. The molecule has 12 nitrogen and oxygen atoms in total. The minimum Gasteiger partial charge on any atom is -0.480 e. The summed E-state index contributed by atoms with van der Waals surface area (Å²) in [5, 5.41) is 25.7. The molecule has 172 valence electrons. The van der Waals surface area contributed by atoms with Crippen LogP contribution in [0.15, 0.2) is 0 Å². The third-order valence-electron chi connectivity index (χ3n) is 4.07. The first-order chi connectivity index (χ1) is 13.9. The molecule has 0 aromatic carbocycles. The minimum atomic E-state index is -1.42. The highest BCUT2D eigenvalue weighted by molar-refractivity contribution is 7.98. The van der Waals surface area contributed by atoms with E-state index in [1.807, 2.05) is 6.26 Å². The van der Waals surface area contributed by atoms with Crippen LogP contribution >= 0.6 is 11.8 Å². The van der Waals surface area contributed by atoms with Crippen LogP contribution in [-0.2, 0) is 24.0 Å². The Hall–Kier alpha value is -2.38. The lowest BCUT2D eigenvalue weighted by Gasteiger charge is -2.26. The first kappa shape index (κ1) is 27.6. The number of amides is 4. The molecular formula is C17H31N5O7S. The summed E-state index contributed by atoms with van der Waals surface area (Å²) >= 11 is 1.49. The molecule has 0 fully saturated rings. The lowest BCUT2D eigenvalue weighted by molar-refractivity contribution is -0.142. The smallest absolute Gasteiger partial charge is 0.325 e. The van der Waals surface area contributed by atoms with Crippen LogP contribution in [0.1, 0.15) is 33.1 Å². The lowest BCUT2D eigenvalue weighted by atomic mass is 10.1. The summed E-state index contributed by atoms with van der Waals surface area (Å²) < 4.78 is 0. The fourth-order valence-electron chi connectivity index (χ4n) is 2.23. The average molecular weight is 450 g/mol. The molecular weight excluding hydrogens is 418 g/mol. The van der Waals surface area contributed by atoms with E-state index in [4.69, 9.17) is 16.6 Å². The number of aliphatic hydroxyl groups is 1. The normalized spacial score (nSPS) is 15.8. The number of carbonyl (C=O) groups is 5. The van der Waals surface area contributed by atoms with E-state index in [1.54, 1.807) is 0 Å². The zero-order valence-corrected chi connectivity index (χ0v) is 18.0. The molecule has 0 aromatic rings. The molecule has 0 saturated carbocycles. The Morgan fingerprint density at radius 1 is 0.967 bits per heavy atom. The van der Waals surface area contributed by atoms with Gasteiger partial charge >= 0.3 is 5.97 Å². The van der Waals surface area contributed by atoms with Crippen LogP contribution in [0.4, 0.5) is 0 Å². The quantitative estimate of drug-likeness (QED) is 0.146. The Morgan fingerprint density at radius 2 is 1.57 bits per heavy atom. The van der Waals surface area contributed by atoms with E-state index in [1.165, 1.54) is 25.6 Å². The van der Waals surface area contributed by atoms with Crippen molar-refractivity contribution in [3.05, 3.63) is 0 Å². The molecule has 9 N–H and O–H groups in total. The van der Waals surface area contributed by atoms with E-state index in [0.29, 0.717) is 12.2 Å². The highest BCUT2D eigenvalue weighted by Crippen LogP contribution is 2.04. The molecule has 0 aliphatic rings. The molecule has 0 aliphatic carbocycles. The number of carbonyl (C=O) groups excluding carboxylic acids is 4. The minimum absolute atomic E-state index is 0.201. The third kappa shape index (κ3) is 10.4. The molecule has 4 amide bonds. The van der Waals surface area contributed by atoms with E-state index in [9.17, 15) is 29.1 Å². The van der Waals surface area contributed by atoms with Gasteiger partial charge in [-0.1, -0.05) is 0 Å². The van der Waals surface area contributed by atoms with E-state index in [2.05, 4.69) is 16.0 Å². The van der Waals surface area contributed by atoms with Gasteiger partial charge in [0.05, 0.1) is 12.1 Å². The highest BCUT2D eigenvalue weighted by atomic mass is 32.2. The number of carboxylic acid groups (broad SMARTS) is 1. The molecule has 0 aromatic heterocycles. The first-order valence-corrected chi connectivity index (χ1v) is 10.6. The van der Waals surface area contributed by atoms with Gasteiger partial charge in [-0.15, -0.1) is 0 Å². The molecule has 5 atom stereocenters. The maximum atomic E-state index is 12.6. The molecule has 0 spiro atoms. The summed E-state index contributed by atoms with van der Waals surface area (Å²) in [6.07, 6.45) is 0.425. The zero-order valence-electron chi connectivity index (χ0n) is 17.2. The largest absolute Gasteiger partial charge is 0.480 e. The molecule has 0 rings (SSSR count). The Balaban J connectivity index is 5.27. The van der Waals surface area contributed by atoms with Crippen LogP contribution in [0.5, 0.6) is 0 Å². The highest BCUT2D eigenvalue weighted by Gasteiger charge is 2.31. The number of hydrogen-bond donors (Lipinski definition) is 7. The van der Waals surface area contributed by atoms with Crippen molar-refractivity contribution in [1.82, 2.24) is 16.0 Å². The van der Waals surface area contributed by atoms with Gasteiger partial charge in [0.15, 0.2) is 0 Å². The van der Waals surface area contributed by atoms with Gasteiger partial charge in [0.25, 0.3) is 0 Å². The predicted octanol–water partition coefficient (Wildman–Crippen LogP) is -2.73. The van der Waals surface area contributed by atoms with Gasteiger partial charge in [-0.05, 0) is 38.7 Å². The molecule has 0 bridgehead atoms. The Bertz CT molecular complexity index is 632. The number of primary amides is 1. The second kappa shape index (κ2) is 13.8. The number of carboxylic acids is 1. The van der Waals surface area contributed by atoms with Crippen LogP contribution < -0.4 is 27.4 Å². The maximum Gasteiger partial charge on any atom is 0.325 e. The Kier molecular flexibility index (Phi) is 12.7. The van der Waals surface area contributed by atoms with Crippen LogP contribution in [0, 0.1) is 0 Å². The summed E-state index contributed by atoms with van der Waals surface area (Å²) in [5.41, 5.74) is 10.8. The first-order valence-electron chi connectivity index (χ1n) is 9.25. The Labute approximate surface area is 178 Å². The molecule has 30 heavy (non-hydrogen) atoms. The summed E-state index contributed by atoms with van der Waals surface area (Å²) in [4.78, 5) is 59.1. The molecule has 5 unspecified atom stereocenters. The zero-order chi connectivity index (χ0) is 23.4. The second-order valence-corrected chi connectivity index (χ2v) is 7.74. The third-order valence-corrected chi connectivity index (χ3v) is 4.72. The fraction of sp³-hybridized carbons (Fsp3) is 0.706. The topological polar surface area (TPSA) is 214 Å². The van der Waals surface area contributed by atoms with Crippen molar-refractivity contribution in [2.45, 2.75) is 63.4 Å². The van der Waals surface area contributed by atoms with Crippen molar-refractivity contribution >= 4 is 41.4 Å². The number of hydrogen-bond acceptors (Lipinski definition) is 8. The number of thioether (sulfide) groups is 1. The van der Waals surface area contributed by atoms with E-state index in [-0.39, 0.29) is 12.8 Å².